The minimum Gasteiger partial charge on any atom is -0.372 e. The minimum atomic E-state index is -2.49. The van der Waals surface area contributed by atoms with E-state index >= 15 is 0 Å². The molecule has 1 atom stereocenters. The Hall–Kier alpha value is -1.11. The Kier molecular flexibility index (Phi) is 4.06. The molecular weight excluding hydrogens is 190 g/mol. The van der Waals surface area contributed by atoms with Gasteiger partial charge < -0.3 is 5.11 Å². The van der Waals surface area contributed by atoms with Crippen LogP contribution in [0.15, 0.2) is 0 Å². The van der Waals surface area contributed by atoms with Gasteiger partial charge in [0.15, 0.2) is 23.5 Å². The summed E-state index contributed by atoms with van der Waals surface area (Å²) in [6, 6.07) is 0. The molecule has 0 aliphatic heterocycles. The number of ketones is 3. The van der Waals surface area contributed by atoms with Crippen molar-refractivity contribution in [1.82, 2.24) is 0 Å². The molecule has 0 aliphatic rings. The van der Waals surface area contributed by atoms with Gasteiger partial charge in [0.2, 0.25) is 5.60 Å². The Morgan fingerprint density at radius 1 is 1.21 bits per heavy atom. The maximum atomic E-state index is 11.1. The van der Waals surface area contributed by atoms with Crippen LogP contribution in [0.4, 0.5) is 0 Å². The van der Waals surface area contributed by atoms with Crippen LogP contribution in [0.3, 0.4) is 0 Å². The summed E-state index contributed by atoms with van der Waals surface area (Å²) in [5.41, 5.74) is -2.49. The highest BCUT2D eigenvalue weighted by molar-refractivity contribution is 6.12. The molecule has 80 valence electrons. The Bertz CT molecular complexity index is 259. The smallest absolute Gasteiger partial charge is 0.216 e. The van der Waals surface area contributed by atoms with Crippen LogP contribution in [-0.4, -0.2) is 34.2 Å². The first-order valence-electron chi connectivity index (χ1n) is 3.88. The lowest BCUT2D eigenvalue weighted by Gasteiger charge is -2.27. The summed E-state index contributed by atoms with van der Waals surface area (Å²) in [4.78, 5) is 37.2. The SMILES string of the molecule is CC(=O)C(ON)C(O)(C(C)=O)C(C)=O. The number of carbonyl (C=O) groups excluding carboxylic acids is 3. The Morgan fingerprint density at radius 3 is 1.64 bits per heavy atom. The zero-order valence-electron chi connectivity index (χ0n) is 8.23. The molecule has 6 nitrogen and oxygen atoms in total. The largest absolute Gasteiger partial charge is 0.372 e. The second kappa shape index (κ2) is 4.41. The van der Waals surface area contributed by atoms with E-state index in [4.69, 9.17) is 5.90 Å². The predicted molar refractivity (Wildman–Crippen MR) is 46.1 cm³/mol. The maximum Gasteiger partial charge on any atom is 0.216 e. The van der Waals surface area contributed by atoms with Crippen molar-refractivity contribution in [2.45, 2.75) is 32.5 Å². The van der Waals surface area contributed by atoms with E-state index in [9.17, 15) is 19.5 Å². The zero-order valence-corrected chi connectivity index (χ0v) is 8.23. The summed E-state index contributed by atoms with van der Waals surface area (Å²) in [6.07, 6.45) is -1.66. The number of nitrogens with two attached hydrogens (primary N) is 1. The third kappa shape index (κ3) is 2.03. The van der Waals surface area contributed by atoms with Crippen LogP contribution in [0, 0.1) is 0 Å². The molecule has 0 aliphatic carbocycles. The lowest BCUT2D eigenvalue weighted by atomic mass is 9.86. The van der Waals surface area contributed by atoms with Gasteiger partial charge in [0, 0.05) is 0 Å². The number of Topliss-reactive ketones (excluding diaryl/α,β-unsaturated/α-hetero) is 3. The lowest BCUT2D eigenvalue weighted by molar-refractivity contribution is -0.171. The highest BCUT2D eigenvalue weighted by Crippen LogP contribution is 2.16. The molecule has 0 aromatic carbocycles. The molecular formula is C8H13NO5. The molecule has 14 heavy (non-hydrogen) atoms. The molecule has 0 aromatic rings. The predicted octanol–water partition coefficient (Wildman–Crippen LogP) is -1.26. The quantitative estimate of drug-likeness (QED) is 0.426. The van der Waals surface area contributed by atoms with Crippen molar-refractivity contribution in [1.29, 1.82) is 0 Å². The van der Waals surface area contributed by atoms with Gasteiger partial charge >= 0.3 is 0 Å². The Balaban J connectivity index is 5.28. The Labute approximate surface area is 81.0 Å². The number of hydrogen-bond donors (Lipinski definition) is 2. The highest BCUT2D eigenvalue weighted by atomic mass is 16.6. The lowest BCUT2D eigenvalue weighted by Crippen LogP contribution is -2.58. The van der Waals surface area contributed by atoms with Crippen LogP contribution in [0.25, 0.3) is 0 Å². The van der Waals surface area contributed by atoms with Crippen LogP contribution < -0.4 is 5.90 Å². The Morgan fingerprint density at radius 2 is 1.57 bits per heavy atom. The molecule has 0 spiro atoms. The summed E-state index contributed by atoms with van der Waals surface area (Å²) >= 11 is 0. The van der Waals surface area contributed by atoms with Gasteiger partial charge in [-0.1, -0.05) is 0 Å². The van der Waals surface area contributed by atoms with Gasteiger partial charge in [-0.25, -0.2) is 5.90 Å². The van der Waals surface area contributed by atoms with Gasteiger partial charge in [-0.3, -0.25) is 19.2 Å². The standard InChI is InChI=1S/C8H13NO5/c1-4(10)7(14-9)8(13,5(2)11)6(3)12/h7,13H,9H2,1-3H3. The third-order valence-corrected chi connectivity index (χ3v) is 1.96. The zero-order chi connectivity index (χ0) is 11.5. The molecule has 1 unspecified atom stereocenters. The van der Waals surface area contributed by atoms with Crippen molar-refractivity contribution in [3.63, 3.8) is 0 Å². The van der Waals surface area contributed by atoms with Crippen molar-refractivity contribution in [3.05, 3.63) is 0 Å². The topological polar surface area (TPSA) is 107 Å². The van der Waals surface area contributed by atoms with E-state index in [0.717, 1.165) is 20.8 Å². The average Bonchev–Trinajstić information content (AvgIpc) is 2.03. The first-order valence-corrected chi connectivity index (χ1v) is 3.88. The van der Waals surface area contributed by atoms with Crippen LogP contribution >= 0.6 is 0 Å². The summed E-state index contributed by atoms with van der Waals surface area (Å²) < 4.78 is 0. The normalized spacial score (nSPS) is 13.5. The molecule has 0 heterocycles. The van der Waals surface area contributed by atoms with Crippen LogP contribution in [-0.2, 0) is 19.2 Å². The fraction of sp³-hybridized carbons (Fsp3) is 0.625. The molecule has 0 saturated heterocycles. The van der Waals surface area contributed by atoms with Crippen LogP contribution in [0.2, 0.25) is 0 Å². The average molecular weight is 203 g/mol. The number of aliphatic hydroxyl groups is 1. The van der Waals surface area contributed by atoms with Crippen LogP contribution in [0.1, 0.15) is 20.8 Å². The summed E-state index contributed by atoms with van der Waals surface area (Å²) in [7, 11) is 0. The van der Waals surface area contributed by atoms with Crippen molar-refractivity contribution >= 4 is 17.3 Å². The van der Waals surface area contributed by atoms with Gasteiger partial charge in [-0.05, 0) is 20.8 Å². The van der Waals surface area contributed by atoms with E-state index in [-0.39, 0.29) is 0 Å². The van der Waals surface area contributed by atoms with E-state index in [2.05, 4.69) is 4.84 Å². The molecule has 3 N–H and O–H groups in total. The van der Waals surface area contributed by atoms with Gasteiger partial charge in [0.1, 0.15) is 0 Å². The second-order valence-corrected chi connectivity index (χ2v) is 3.01. The molecule has 0 rings (SSSR count). The van der Waals surface area contributed by atoms with E-state index in [0.29, 0.717) is 0 Å². The van der Waals surface area contributed by atoms with E-state index < -0.39 is 29.1 Å². The molecule has 0 bridgehead atoms. The molecule has 0 saturated carbocycles. The highest BCUT2D eigenvalue weighted by Gasteiger charge is 2.49. The molecule has 0 fully saturated rings. The number of rotatable bonds is 5. The maximum absolute atomic E-state index is 11.1. The minimum absolute atomic E-state index is 0.694. The van der Waals surface area contributed by atoms with E-state index in [1.54, 1.807) is 0 Å². The molecule has 0 aromatic heterocycles. The number of carbonyl (C=O) groups is 3. The van der Waals surface area contributed by atoms with Crippen LogP contribution in [0.5, 0.6) is 0 Å². The first kappa shape index (κ1) is 12.9. The fourth-order valence-electron chi connectivity index (χ4n) is 1.11. The van der Waals surface area contributed by atoms with Crippen molar-refractivity contribution in [2.75, 3.05) is 0 Å². The van der Waals surface area contributed by atoms with Gasteiger partial charge in [-0.15, -0.1) is 0 Å². The van der Waals surface area contributed by atoms with Gasteiger partial charge in [0.25, 0.3) is 0 Å². The van der Waals surface area contributed by atoms with Crippen molar-refractivity contribution in [3.8, 4) is 0 Å². The van der Waals surface area contributed by atoms with Gasteiger partial charge in [0.05, 0.1) is 0 Å². The molecule has 0 amide bonds. The summed E-state index contributed by atoms with van der Waals surface area (Å²) in [5, 5.41) is 9.67. The van der Waals surface area contributed by atoms with E-state index in [1.807, 2.05) is 0 Å². The van der Waals surface area contributed by atoms with E-state index in [1.165, 1.54) is 0 Å². The fourth-order valence-corrected chi connectivity index (χ4v) is 1.11. The first-order chi connectivity index (χ1) is 6.28. The molecule has 0 radical (unpaired) electrons. The monoisotopic (exact) mass is 203 g/mol. The van der Waals surface area contributed by atoms with Crippen molar-refractivity contribution < 1.29 is 24.3 Å². The second-order valence-electron chi connectivity index (χ2n) is 3.01. The summed E-state index contributed by atoms with van der Waals surface area (Å²) in [6.45, 7) is 3.03. The third-order valence-electron chi connectivity index (χ3n) is 1.96. The number of hydrogen-bond acceptors (Lipinski definition) is 6. The summed E-state index contributed by atoms with van der Waals surface area (Å²) in [5.74, 6) is 2.30. The van der Waals surface area contributed by atoms with Gasteiger partial charge in [-0.2, -0.15) is 0 Å². The molecule has 6 heteroatoms. The van der Waals surface area contributed by atoms with Crippen molar-refractivity contribution in [2.24, 2.45) is 5.90 Å².